The SMILES string of the molecule is Cc1cc(N2CCC(N(C)C(=O)c3sccc3OC(F)F)CC2)nc(C)n1. The Hall–Kier alpha value is -2.29. The molecule has 0 aliphatic carbocycles. The number of carbonyl (C=O) groups excluding carboxylic acids is 1. The number of hydrogen-bond donors (Lipinski definition) is 0. The molecule has 1 aliphatic heterocycles. The molecular formula is C18H22F2N4O2S. The first-order valence-electron chi connectivity index (χ1n) is 8.72. The van der Waals surface area contributed by atoms with Crippen molar-refractivity contribution in [1.82, 2.24) is 14.9 Å². The Balaban J connectivity index is 1.63. The molecule has 0 aromatic carbocycles. The summed E-state index contributed by atoms with van der Waals surface area (Å²) in [6.45, 7) is 2.40. The molecule has 1 amide bonds. The lowest BCUT2D eigenvalue weighted by Crippen LogP contribution is -2.45. The Kier molecular flexibility index (Phi) is 5.88. The van der Waals surface area contributed by atoms with E-state index in [1.165, 1.54) is 6.07 Å². The van der Waals surface area contributed by atoms with E-state index in [1.807, 2.05) is 19.9 Å². The van der Waals surface area contributed by atoms with Crippen molar-refractivity contribution in [3.05, 3.63) is 33.9 Å². The summed E-state index contributed by atoms with van der Waals surface area (Å²) in [6.07, 6.45) is 1.56. The second-order valence-electron chi connectivity index (χ2n) is 6.54. The highest BCUT2D eigenvalue weighted by molar-refractivity contribution is 7.12. The van der Waals surface area contributed by atoms with Gasteiger partial charge in [0.2, 0.25) is 0 Å². The van der Waals surface area contributed by atoms with Gasteiger partial charge in [-0.25, -0.2) is 9.97 Å². The minimum atomic E-state index is -2.94. The van der Waals surface area contributed by atoms with Gasteiger partial charge in [-0.05, 0) is 38.1 Å². The van der Waals surface area contributed by atoms with Gasteiger partial charge in [-0.15, -0.1) is 11.3 Å². The van der Waals surface area contributed by atoms with Gasteiger partial charge in [-0.1, -0.05) is 0 Å². The van der Waals surface area contributed by atoms with E-state index in [4.69, 9.17) is 0 Å². The van der Waals surface area contributed by atoms with Gasteiger partial charge >= 0.3 is 6.61 Å². The Morgan fingerprint density at radius 3 is 2.67 bits per heavy atom. The maximum absolute atomic E-state index is 12.7. The Bertz CT molecular complexity index is 786. The second kappa shape index (κ2) is 8.16. The maximum Gasteiger partial charge on any atom is 0.387 e. The van der Waals surface area contributed by atoms with Gasteiger partial charge in [-0.3, -0.25) is 4.79 Å². The number of halogens is 2. The molecule has 27 heavy (non-hydrogen) atoms. The third-order valence-electron chi connectivity index (χ3n) is 4.65. The van der Waals surface area contributed by atoms with Crippen molar-refractivity contribution in [2.24, 2.45) is 0 Å². The molecule has 1 saturated heterocycles. The average molecular weight is 396 g/mol. The molecule has 1 aliphatic rings. The monoisotopic (exact) mass is 396 g/mol. The van der Waals surface area contributed by atoms with Crippen LogP contribution in [0, 0.1) is 13.8 Å². The molecule has 2 aromatic rings. The predicted octanol–water partition coefficient (Wildman–Crippen LogP) is 3.50. The van der Waals surface area contributed by atoms with E-state index in [0.717, 1.165) is 54.6 Å². The molecule has 6 nitrogen and oxygen atoms in total. The zero-order chi connectivity index (χ0) is 19.6. The van der Waals surface area contributed by atoms with Gasteiger partial charge in [0.25, 0.3) is 5.91 Å². The van der Waals surface area contributed by atoms with Gasteiger partial charge in [0.1, 0.15) is 22.3 Å². The van der Waals surface area contributed by atoms with Crippen molar-refractivity contribution in [1.29, 1.82) is 0 Å². The molecule has 0 bridgehead atoms. The van der Waals surface area contributed by atoms with E-state index >= 15 is 0 Å². The third-order valence-corrected chi connectivity index (χ3v) is 5.53. The number of aromatic nitrogens is 2. The van der Waals surface area contributed by atoms with Crippen LogP contribution in [-0.2, 0) is 0 Å². The van der Waals surface area contributed by atoms with Crippen molar-refractivity contribution >= 4 is 23.1 Å². The fourth-order valence-electron chi connectivity index (χ4n) is 3.31. The fraction of sp³-hybridized carbons (Fsp3) is 0.500. The van der Waals surface area contributed by atoms with Crippen molar-refractivity contribution in [3.8, 4) is 5.75 Å². The number of alkyl halides is 2. The second-order valence-corrected chi connectivity index (χ2v) is 7.46. The molecule has 0 radical (unpaired) electrons. The molecule has 0 N–H and O–H groups in total. The summed E-state index contributed by atoms with van der Waals surface area (Å²) in [5, 5.41) is 1.58. The molecule has 0 saturated carbocycles. The average Bonchev–Trinajstić information content (AvgIpc) is 3.07. The molecule has 0 atom stereocenters. The zero-order valence-corrected chi connectivity index (χ0v) is 16.3. The zero-order valence-electron chi connectivity index (χ0n) is 15.5. The lowest BCUT2D eigenvalue weighted by Gasteiger charge is -2.37. The summed E-state index contributed by atoms with van der Waals surface area (Å²) < 4.78 is 29.4. The molecular weight excluding hydrogens is 374 g/mol. The van der Waals surface area contributed by atoms with Crippen LogP contribution in [0.3, 0.4) is 0 Å². The summed E-state index contributed by atoms with van der Waals surface area (Å²) >= 11 is 1.12. The van der Waals surface area contributed by atoms with Crippen molar-refractivity contribution in [3.63, 3.8) is 0 Å². The van der Waals surface area contributed by atoms with Crippen LogP contribution in [0.4, 0.5) is 14.6 Å². The van der Waals surface area contributed by atoms with E-state index in [9.17, 15) is 13.6 Å². The van der Waals surface area contributed by atoms with Crippen LogP contribution in [-0.4, -0.2) is 53.6 Å². The molecule has 0 spiro atoms. The van der Waals surface area contributed by atoms with Crippen LogP contribution in [0.2, 0.25) is 0 Å². The Labute approximate surface area is 160 Å². The first-order chi connectivity index (χ1) is 12.8. The topological polar surface area (TPSA) is 58.6 Å². The van der Waals surface area contributed by atoms with Crippen LogP contribution < -0.4 is 9.64 Å². The van der Waals surface area contributed by atoms with Crippen LogP contribution in [0.1, 0.15) is 34.0 Å². The number of ether oxygens (including phenoxy) is 1. The molecule has 3 heterocycles. The van der Waals surface area contributed by atoms with Gasteiger partial charge in [0.15, 0.2) is 0 Å². The Morgan fingerprint density at radius 2 is 2.04 bits per heavy atom. The number of amides is 1. The number of hydrogen-bond acceptors (Lipinski definition) is 6. The quantitative estimate of drug-likeness (QED) is 0.774. The minimum absolute atomic E-state index is 0.0410. The van der Waals surface area contributed by atoms with Gasteiger partial charge in [0.05, 0.1) is 0 Å². The van der Waals surface area contributed by atoms with Crippen molar-refractivity contribution in [2.45, 2.75) is 39.3 Å². The molecule has 146 valence electrons. The summed E-state index contributed by atoms with van der Waals surface area (Å²) in [5.41, 5.74) is 0.927. The lowest BCUT2D eigenvalue weighted by molar-refractivity contribution is -0.0499. The molecule has 1 fully saturated rings. The van der Waals surface area contributed by atoms with Crippen LogP contribution in [0.5, 0.6) is 5.75 Å². The highest BCUT2D eigenvalue weighted by Crippen LogP contribution is 2.29. The summed E-state index contributed by atoms with van der Waals surface area (Å²) in [7, 11) is 1.72. The molecule has 3 rings (SSSR count). The first kappa shape index (κ1) is 19.5. The van der Waals surface area contributed by atoms with Crippen LogP contribution >= 0.6 is 11.3 Å². The summed E-state index contributed by atoms with van der Waals surface area (Å²) in [4.78, 5) is 25.5. The standard InChI is InChI=1S/C18H22F2N4O2S/c1-11-10-15(22-12(2)21-11)24-7-4-13(5-8-24)23(3)17(25)16-14(6-9-27-16)26-18(19)20/h6,9-10,13,18H,4-5,7-8H2,1-3H3. The maximum atomic E-state index is 12.7. The highest BCUT2D eigenvalue weighted by atomic mass is 32.1. The van der Waals surface area contributed by atoms with E-state index in [-0.39, 0.29) is 22.6 Å². The lowest BCUT2D eigenvalue weighted by atomic mass is 10.0. The van der Waals surface area contributed by atoms with Gasteiger partial charge in [-0.2, -0.15) is 8.78 Å². The van der Waals surface area contributed by atoms with Crippen LogP contribution in [0.15, 0.2) is 17.5 Å². The number of piperidine rings is 1. The fourth-order valence-corrected chi connectivity index (χ4v) is 4.11. The van der Waals surface area contributed by atoms with E-state index in [0.29, 0.717) is 0 Å². The molecule has 2 aromatic heterocycles. The predicted molar refractivity (Wildman–Crippen MR) is 99.8 cm³/mol. The Morgan fingerprint density at radius 1 is 1.33 bits per heavy atom. The number of thiophene rings is 1. The largest absolute Gasteiger partial charge is 0.433 e. The van der Waals surface area contributed by atoms with Gasteiger partial charge in [0, 0.05) is 37.9 Å². The van der Waals surface area contributed by atoms with E-state index < -0.39 is 6.61 Å². The number of carbonyl (C=O) groups is 1. The normalized spacial score (nSPS) is 15.3. The number of nitrogens with zero attached hydrogens (tertiary/aromatic N) is 4. The van der Waals surface area contributed by atoms with Crippen molar-refractivity contribution in [2.75, 3.05) is 25.0 Å². The van der Waals surface area contributed by atoms with Crippen molar-refractivity contribution < 1.29 is 18.3 Å². The number of anilines is 1. The highest BCUT2D eigenvalue weighted by Gasteiger charge is 2.29. The summed E-state index contributed by atoms with van der Waals surface area (Å²) in [5.74, 6) is 1.30. The molecule has 0 unspecified atom stereocenters. The summed E-state index contributed by atoms with van der Waals surface area (Å²) in [6, 6.07) is 3.40. The third kappa shape index (κ3) is 4.52. The number of rotatable bonds is 5. The van der Waals surface area contributed by atoms with Crippen LogP contribution in [0.25, 0.3) is 0 Å². The smallest absolute Gasteiger partial charge is 0.387 e. The first-order valence-corrected chi connectivity index (χ1v) is 9.60. The molecule has 9 heteroatoms. The van der Waals surface area contributed by atoms with E-state index in [1.54, 1.807) is 17.3 Å². The number of aryl methyl sites for hydroxylation is 2. The van der Waals surface area contributed by atoms with E-state index in [2.05, 4.69) is 19.6 Å². The van der Waals surface area contributed by atoms with Gasteiger partial charge < -0.3 is 14.5 Å². The minimum Gasteiger partial charge on any atom is -0.433 e.